The maximum Gasteiger partial charge on any atom is 0.279 e. The molecule has 0 saturated carbocycles. The molecule has 3 heterocycles. The van der Waals surface area contributed by atoms with E-state index in [0.717, 1.165) is 17.7 Å². The molecule has 2 aliphatic heterocycles. The summed E-state index contributed by atoms with van der Waals surface area (Å²) in [5.41, 5.74) is 1.89. The first-order valence-corrected chi connectivity index (χ1v) is 10.5. The van der Waals surface area contributed by atoms with Crippen LogP contribution in [0.5, 0.6) is 0 Å². The van der Waals surface area contributed by atoms with Crippen LogP contribution in [0.4, 0.5) is 5.95 Å². The van der Waals surface area contributed by atoms with E-state index in [1.165, 1.54) is 4.31 Å². The largest absolute Gasteiger partial charge is 0.379 e. The van der Waals surface area contributed by atoms with E-state index in [4.69, 9.17) is 4.74 Å². The number of rotatable bonds is 5. The van der Waals surface area contributed by atoms with Crippen molar-refractivity contribution < 1.29 is 13.2 Å². The zero-order valence-electron chi connectivity index (χ0n) is 15.0. The van der Waals surface area contributed by atoms with Crippen LogP contribution in [-0.2, 0) is 14.9 Å². The SMILES string of the molecule is O=S(=O)(NC1CCN(c2nccc(-c3ccccc3)n2)C1)N1CCOCC1. The molecule has 0 aliphatic carbocycles. The molecule has 1 aromatic carbocycles. The first kappa shape index (κ1) is 18.3. The van der Waals surface area contributed by atoms with Crippen LogP contribution in [0.2, 0.25) is 0 Å². The third kappa shape index (κ3) is 4.27. The van der Waals surface area contributed by atoms with E-state index in [1.54, 1.807) is 6.20 Å². The highest BCUT2D eigenvalue weighted by Gasteiger charge is 2.31. The van der Waals surface area contributed by atoms with Gasteiger partial charge in [-0.1, -0.05) is 30.3 Å². The monoisotopic (exact) mass is 389 g/mol. The highest BCUT2D eigenvalue weighted by molar-refractivity contribution is 7.87. The molecule has 1 N–H and O–H groups in total. The van der Waals surface area contributed by atoms with E-state index in [-0.39, 0.29) is 6.04 Å². The number of aromatic nitrogens is 2. The first-order chi connectivity index (χ1) is 13.1. The maximum absolute atomic E-state index is 12.5. The quantitative estimate of drug-likeness (QED) is 0.817. The number of morpholine rings is 1. The smallest absolute Gasteiger partial charge is 0.279 e. The lowest BCUT2D eigenvalue weighted by Gasteiger charge is -2.27. The topological polar surface area (TPSA) is 87.7 Å². The van der Waals surface area contributed by atoms with E-state index in [9.17, 15) is 8.42 Å². The van der Waals surface area contributed by atoms with E-state index in [0.29, 0.717) is 45.3 Å². The van der Waals surface area contributed by atoms with Crippen LogP contribution < -0.4 is 9.62 Å². The number of benzene rings is 1. The summed E-state index contributed by atoms with van der Waals surface area (Å²) in [5.74, 6) is 0.629. The fourth-order valence-electron chi connectivity index (χ4n) is 3.38. The Labute approximate surface area is 159 Å². The fourth-order valence-corrected chi connectivity index (χ4v) is 4.77. The molecule has 8 nitrogen and oxygen atoms in total. The number of hydrogen-bond acceptors (Lipinski definition) is 6. The molecule has 27 heavy (non-hydrogen) atoms. The molecule has 0 spiro atoms. The van der Waals surface area contributed by atoms with Crippen LogP contribution >= 0.6 is 0 Å². The first-order valence-electron chi connectivity index (χ1n) is 9.10. The fraction of sp³-hybridized carbons (Fsp3) is 0.444. The number of ether oxygens (including phenoxy) is 1. The van der Waals surface area contributed by atoms with Gasteiger partial charge in [-0.05, 0) is 12.5 Å². The Morgan fingerprint density at radius 3 is 2.63 bits per heavy atom. The summed E-state index contributed by atoms with van der Waals surface area (Å²) in [7, 11) is -3.49. The zero-order valence-corrected chi connectivity index (χ0v) is 15.8. The van der Waals surface area contributed by atoms with Crippen LogP contribution in [0.15, 0.2) is 42.6 Å². The van der Waals surface area contributed by atoms with Crippen molar-refractivity contribution in [1.82, 2.24) is 19.0 Å². The van der Waals surface area contributed by atoms with Gasteiger partial charge in [0.1, 0.15) is 0 Å². The third-order valence-electron chi connectivity index (χ3n) is 4.81. The van der Waals surface area contributed by atoms with Gasteiger partial charge in [-0.15, -0.1) is 0 Å². The Morgan fingerprint density at radius 2 is 1.85 bits per heavy atom. The molecule has 0 radical (unpaired) electrons. The van der Waals surface area contributed by atoms with Crippen LogP contribution in [0.1, 0.15) is 6.42 Å². The van der Waals surface area contributed by atoms with Gasteiger partial charge >= 0.3 is 0 Å². The molecular formula is C18H23N5O3S. The number of anilines is 1. The number of nitrogens with zero attached hydrogens (tertiary/aromatic N) is 4. The summed E-state index contributed by atoms with van der Waals surface area (Å²) >= 11 is 0. The van der Waals surface area contributed by atoms with Crippen molar-refractivity contribution in [3.63, 3.8) is 0 Å². The molecule has 2 aromatic rings. The molecule has 0 amide bonds. The van der Waals surface area contributed by atoms with Gasteiger partial charge in [0, 0.05) is 44.0 Å². The lowest BCUT2D eigenvalue weighted by Crippen LogP contribution is -2.50. The Bertz CT molecular complexity index is 872. The lowest BCUT2D eigenvalue weighted by atomic mass is 10.1. The number of hydrogen-bond donors (Lipinski definition) is 1. The Hall–Kier alpha value is -2.07. The van der Waals surface area contributed by atoms with E-state index >= 15 is 0 Å². The van der Waals surface area contributed by atoms with Crippen molar-refractivity contribution in [1.29, 1.82) is 0 Å². The second kappa shape index (κ2) is 7.89. The second-order valence-corrected chi connectivity index (χ2v) is 8.38. The van der Waals surface area contributed by atoms with Crippen molar-refractivity contribution in [3.05, 3.63) is 42.6 Å². The molecular weight excluding hydrogens is 366 g/mol. The molecule has 1 aromatic heterocycles. The highest BCUT2D eigenvalue weighted by atomic mass is 32.2. The van der Waals surface area contributed by atoms with E-state index in [2.05, 4.69) is 14.7 Å². The minimum absolute atomic E-state index is 0.151. The molecule has 9 heteroatoms. The molecule has 1 unspecified atom stereocenters. The van der Waals surface area contributed by atoms with Crippen LogP contribution in [0.25, 0.3) is 11.3 Å². The molecule has 144 valence electrons. The van der Waals surface area contributed by atoms with Crippen molar-refractivity contribution in [2.45, 2.75) is 12.5 Å². The van der Waals surface area contributed by atoms with Gasteiger partial charge in [-0.2, -0.15) is 17.4 Å². The molecule has 4 rings (SSSR count). The minimum Gasteiger partial charge on any atom is -0.379 e. The van der Waals surface area contributed by atoms with Crippen molar-refractivity contribution in [3.8, 4) is 11.3 Å². The summed E-state index contributed by atoms with van der Waals surface area (Å²) in [4.78, 5) is 11.1. The zero-order chi connectivity index (χ0) is 18.7. The van der Waals surface area contributed by atoms with Gasteiger partial charge in [0.15, 0.2) is 0 Å². The summed E-state index contributed by atoms with van der Waals surface area (Å²) in [5, 5.41) is 0. The lowest BCUT2D eigenvalue weighted by molar-refractivity contribution is 0.0723. The molecule has 2 fully saturated rings. The second-order valence-electron chi connectivity index (χ2n) is 6.67. The molecule has 2 aliphatic rings. The highest BCUT2D eigenvalue weighted by Crippen LogP contribution is 2.21. The van der Waals surface area contributed by atoms with E-state index < -0.39 is 10.2 Å². The van der Waals surface area contributed by atoms with Gasteiger partial charge in [0.25, 0.3) is 10.2 Å². The van der Waals surface area contributed by atoms with Gasteiger partial charge in [0.05, 0.1) is 18.9 Å². The van der Waals surface area contributed by atoms with E-state index in [1.807, 2.05) is 41.3 Å². The van der Waals surface area contributed by atoms with Crippen molar-refractivity contribution in [2.75, 3.05) is 44.3 Å². The summed E-state index contributed by atoms with van der Waals surface area (Å²) < 4.78 is 34.6. The van der Waals surface area contributed by atoms with Crippen LogP contribution in [0, 0.1) is 0 Å². The maximum atomic E-state index is 12.5. The summed E-state index contributed by atoms with van der Waals surface area (Å²) in [6.45, 7) is 2.95. The predicted octanol–water partition coefficient (Wildman–Crippen LogP) is 0.889. The standard InChI is InChI=1S/C18H23N5O3S/c24-27(25,23-10-12-26-13-11-23)21-16-7-9-22(14-16)18-19-8-6-17(20-18)15-4-2-1-3-5-15/h1-6,8,16,21H,7,9-14H2. The number of nitrogens with one attached hydrogen (secondary N) is 1. The minimum atomic E-state index is -3.49. The van der Waals surface area contributed by atoms with Gasteiger partial charge in [0.2, 0.25) is 5.95 Å². The van der Waals surface area contributed by atoms with Gasteiger partial charge in [-0.3, -0.25) is 0 Å². The Balaban J connectivity index is 1.42. The molecule has 0 bridgehead atoms. The molecule has 1 atom stereocenters. The van der Waals surface area contributed by atoms with Crippen LogP contribution in [-0.4, -0.2) is 68.1 Å². The Morgan fingerprint density at radius 1 is 1.07 bits per heavy atom. The average molecular weight is 389 g/mol. The Kier molecular flexibility index (Phi) is 5.35. The average Bonchev–Trinajstić information content (AvgIpc) is 3.17. The third-order valence-corrected chi connectivity index (χ3v) is 6.49. The summed E-state index contributed by atoms with van der Waals surface area (Å²) in [6, 6.07) is 11.7. The normalized spacial score (nSPS) is 21.5. The summed E-state index contributed by atoms with van der Waals surface area (Å²) in [6.07, 6.45) is 2.47. The predicted molar refractivity (Wildman–Crippen MR) is 103 cm³/mol. The van der Waals surface area contributed by atoms with Crippen molar-refractivity contribution in [2.24, 2.45) is 0 Å². The van der Waals surface area contributed by atoms with Gasteiger partial charge < -0.3 is 9.64 Å². The van der Waals surface area contributed by atoms with Gasteiger partial charge in [-0.25, -0.2) is 9.97 Å². The molecule has 2 saturated heterocycles. The van der Waals surface area contributed by atoms with Crippen molar-refractivity contribution >= 4 is 16.2 Å². The van der Waals surface area contributed by atoms with Crippen LogP contribution in [0.3, 0.4) is 0 Å².